The fourth-order valence-electron chi connectivity index (χ4n) is 5.13. The Labute approximate surface area is 197 Å². The lowest BCUT2D eigenvalue weighted by Gasteiger charge is -2.36. The van der Waals surface area contributed by atoms with Crippen LogP contribution in [0.4, 0.5) is 4.39 Å². The average Bonchev–Trinajstić information content (AvgIpc) is 3.11. The number of amides is 1. The Hall–Kier alpha value is -2.86. The zero-order valence-corrected chi connectivity index (χ0v) is 19.1. The van der Waals surface area contributed by atoms with Gasteiger partial charge in [-0.3, -0.25) is 9.59 Å². The monoisotopic (exact) mass is 469 g/mol. The summed E-state index contributed by atoms with van der Waals surface area (Å²) in [6.45, 7) is 0.406. The van der Waals surface area contributed by atoms with Gasteiger partial charge in [-0.1, -0.05) is 35.9 Å². The quantitative estimate of drug-likeness (QED) is 0.629. The van der Waals surface area contributed by atoms with Gasteiger partial charge in [0.05, 0.1) is 24.6 Å². The van der Waals surface area contributed by atoms with Crippen molar-refractivity contribution in [1.29, 1.82) is 0 Å². The van der Waals surface area contributed by atoms with Crippen LogP contribution in [0.5, 0.6) is 5.75 Å². The maximum atomic E-state index is 14.1. The van der Waals surface area contributed by atoms with Gasteiger partial charge in [-0.15, -0.1) is 0 Å². The van der Waals surface area contributed by atoms with Gasteiger partial charge in [0, 0.05) is 11.6 Å². The summed E-state index contributed by atoms with van der Waals surface area (Å²) in [4.78, 5) is 28.7. The summed E-state index contributed by atoms with van der Waals surface area (Å²) in [5.74, 6) is -0.0960. The Bertz CT molecular complexity index is 1100. The molecule has 1 fully saturated rings. The lowest BCUT2D eigenvalue weighted by molar-refractivity contribution is -0.136. The second kappa shape index (κ2) is 8.82. The largest absolute Gasteiger partial charge is 0.497 e. The van der Waals surface area contributed by atoms with Crippen LogP contribution in [0.2, 0.25) is 5.02 Å². The molecular formula is C26H25ClFNO4. The third kappa shape index (κ3) is 4.01. The van der Waals surface area contributed by atoms with Crippen LogP contribution >= 0.6 is 11.6 Å². The maximum Gasteiger partial charge on any atom is 0.290 e. The normalized spacial score (nSPS) is 26.7. The van der Waals surface area contributed by atoms with E-state index in [-0.39, 0.29) is 23.9 Å². The van der Waals surface area contributed by atoms with Crippen molar-refractivity contribution in [3.05, 3.63) is 76.0 Å². The van der Waals surface area contributed by atoms with Crippen molar-refractivity contribution >= 4 is 23.3 Å². The summed E-state index contributed by atoms with van der Waals surface area (Å²) in [5, 5.41) is 0.570. The molecule has 1 amide bonds. The van der Waals surface area contributed by atoms with Gasteiger partial charge in [0.1, 0.15) is 18.0 Å². The Balaban J connectivity index is 1.47. The number of ether oxygens (including phenoxy) is 2. The summed E-state index contributed by atoms with van der Waals surface area (Å²) < 4.78 is 25.4. The summed E-state index contributed by atoms with van der Waals surface area (Å²) in [6, 6.07) is 14.3. The van der Waals surface area contributed by atoms with E-state index in [9.17, 15) is 14.0 Å². The number of methoxy groups -OCH3 is 1. The van der Waals surface area contributed by atoms with Gasteiger partial charge in [-0.2, -0.15) is 0 Å². The highest BCUT2D eigenvalue weighted by atomic mass is 35.5. The van der Waals surface area contributed by atoms with Crippen LogP contribution in [-0.2, 0) is 20.7 Å². The first-order chi connectivity index (χ1) is 16.0. The van der Waals surface area contributed by atoms with E-state index in [0.717, 1.165) is 16.9 Å². The molecule has 0 N–H and O–H groups in total. The van der Waals surface area contributed by atoms with Crippen LogP contribution in [0.15, 0.2) is 59.9 Å². The summed E-state index contributed by atoms with van der Waals surface area (Å²) >= 11 is 6.09. The van der Waals surface area contributed by atoms with Gasteiger partial charge in [0.25, 0.3) is 5.91 Å². The van der Waals surface area contributed by atoms with E-state index in [1.165, 1.54) is 0 Å². The molecule has 4 unspecified atom stereocenters. The Morgan fingerprint density at radius 3 is 2.52 bits per heavy atom. The predicted octanol–water partition coefficient (Wildman–Crippen LogP) is 4.83. The predicted molar refractivity (Wildman–Crippen MR) is 122 cm³/mol. The van der Waals surface area contributed by atoms with Crippen molar-refractivity contribution in [2.24, 2.45) is 5.92 Å². The standard InChI is InChI=1S/C26H25ClFNO4/c1-32-19-9-2-15(3-10-19)12-13-29-23(16-4-6-17(27)7-5-16)22-24(30)20-14-18(28)8-11-21(20)33-25(22)26(29)31/h2-7,9-10,18,20-21,23H,8,11-14H2,1H3. The molecule has 5 nitrogen and oxygen atoms in total. The minimum absolute atomic E-state index is 0.133. The number of nitrogens with zero attached hydrogens (tertiary/aromatic N) is 1. The molecule has 4 atom stereocenters. The highest BCUT2D eigenvalue weighted by molar-refractivity contribution is 6.30. The first-order valence-electron chi connectivity index (χ1n) is 11.2. The van der Waals surface area contributed by atoms with E-state index in [1.54, 1.807) is 24.1 Å². The van der Waals surface area contributed by atoms with Gasteiger partial charge < -0.3 is 14.4 Å². The van der Waals surface area contributed by atoms with Crippen molar-refractivity contribution in [3.63, 3.8) is 0 Å². The van der Waals surface area contributed by atoms with Crippen LogP contribution < -0.4 is 4.74 Å². The van der Waals surface area contributed by atoms with Gasteiger partial charge in [-0.05, 0) is 61.1 Å². The number of alkyl halides is 1. The number of Topliss-reactive ketones (excluding diaryl/α,β-unsaturated/α-hetero) is 1. The molecule has 172 valence electrons. The third-order valence-electron chi connectivity index (χ3n) is 6.87. The lowest BCUT2D eigenvalue weighted by atomic mass is 9.77. The van der Waals surface area contributed by atoms with Crippen LogP contribution in [0.1, 0.15) is 36.4 Å². The molecule has 3 aliphatic rings. The van der Waals surface area contributed by atoms with Crippen molar-refractivity contribution in [2.75, 3.05) is 13.7 Å². The highest BCUT2D eigenvalue weighted by Crippen LogP contribution is 2.47. The molecule has 0 aromatic heterocycles. The SMILES string of the molecule is COc1ccc(CCN2C(=O)C3=C(C(=O)C4CC(F)CCC4O3)C2c2ccc(Cl)cc2)cc1. The molecule has 2 heterocycles. The van der Waals surface area contributed by atoms with Crippen molar-refractivity contribution in [2.45, 2.75) is 44.0 Å². The van der Waals surface area contributed by atoms with Crippen LogP contribution in [-0.4, -0.2) is 42.5 Å². The van der Waals surface area contributed by atoms with Crippen molar-refractivity contribution in [3.8, 4) is 5.75 Å². The molecule has 1 aliphatic carbocycles. The number of hydrogen-bond acceptors (Lipinski definition) is 4. The molecule has 2 aliphatic heterocycles. The topological polar surface area (TPSA) is 55.8 Å². The molecule has 0 radical (unpaired) electrons. The Morgan fingerprint density at radius 2 is 1.82 bits per heavy atom. The van der Waals surface area contributed by atoms with Crippen LogP contribution in [0, 0.1) is 5.92 Å². The molecule has 0 bridgehead atoms. The van der Waals surface area contributed by atoms with Gasteiger partial charge >= 0.3 is 0 Å². The van der Waals surface area contributed by atoms with E-state index < -0.39 is 24.2 Å². The first-order valence-corrected chi connectivity index (χ1v) is 11.6. The molecule has 0 saturated heterocycles. The number of carbonyl (C=O) groups is 2. The first kappa shape index (κ1) is 22.0. The summed E-state index contributed by atoms with van der Waals surface area (Å²) in [5.41, 5.74) is 2.19. The van der Waals surface area contributed by atoms with E-state index in [0.29, 0.717) is 36.4 Å². The van der Waals surface area contributed by atoms with Crippen molar-refractivity contribution in [1.82, 2.24) is 4.90 Å². The van der Waals surface area contributed by atoms with E-state index in [1.807, 2.05) is 36.4 Å². The second-order valence-corrected chi connectivity index (χ2v) is 9.27. The van der Waals surface area contributed by atoms with Gasteiger partial charge in [-0.25, -0.2) is 4.39 Å². The highest BCUT2D eigenvalue weighted by Gasteiger charge is 2.52. The van der Waals surface area contributed by atoms with E-state index >= 15 is 0 Å². The van der Waals surface area contributed by atoms with Crippen LogP contribution in [0.25, 0.3) is 0 Å². The molecule has 7 heteroatoms. The Kier molecular flexibility index (Phi) is 5.87. The molecular weight excluding hydrogens is 445 g/mol. The average molecular weight is 470 g/mol. The van der Waals surface area contributed by atoms with Crippen LogP contribution in [0.3, 0.4) is 0 Å². The van der Waals surface area contributed by atoms with E-state index in [2.05, 4.69) is 0 Å². The minimum Gasteiger partial charge on any atom is -0.497 e. The fraction of sp³-hybridized carbons (Fsp3) is 0.385. The minimum atomic E-state index is -1.02. The number of ketones is 1. The smallest absolute Gasteiger partial charge is 0.290 e. The molecule has 2 aromatic rings. The Morgan fingerprint density at radius 1 is 1.09 bits per heavy atom. The maximum absolute atomic E-state index is 14.1. The molecule has 33 heavy (non-hydrogen) atoms. The number of hydrogen-bond donors (Lipinski definition) is 0. The van der Waals surface area contributed by atoms with Gasteiger partial charge in [0.2, 0.25) is 0 Å². The fourth-order valence-corrected chi connectivity index (χ4v) is 5.25. The lowest BCUT2D eigenvalue weighted by Crippen LogP contribution is -2.42. The summed E-state index contributed by atoms with van der Waals surface area (Å²) in [6.07, 6.45) is 0.103. The number of benzene rings is 2. The molecule has 1 saturated carbocycles. The summed E-state index contributed by atoms with van der Waals surface area (Å²) in [7, 11) is 1.62. The second-order valence-electron chi connectivity index (χ2n) is 8.83. The number of halogens is 2. The zero-order valence-electron chi connectivity index (χ0n) is 18.3. The molecule has 5 rings (SSSR count). The molecule has 0 spiro atoms. The number of rotatable bonds is 5. The zero-order chi connectivity index (χ0) is 23.1. The molecule has 2 aromatic carbocycles. The van der Waals surface area contributed by atoms with E-state index in [4.69, 9.17) is 21.1 Å². The van der Waals surface area contributed by atoms with Crippen molar-refractivity contribution < 1.29 is 23.5 Å². The van der Waals surface area contributed by atoms with Gasteiger partial charge in [0.15, 0.2) is 11.5 Å². The number of fused-ring (bicyclic) bond motifs is 1. The number of carbonyl (C=O) groups excluding carboxylic acids is 2. The third-order valence-corrected chi connectivity index (χ3v) is 7.12.